The van der Waals surface area contributed by atoms with Crippen LogP contribution in [0.3, 0.4) is 0 Å². The fourth-order valence-electron chi connectivity index (χ4n) is 2.39. The molecule has 0 unspecified atom stereocenters. The predicted molar refractivity (Wildman–Crippen MR) is 118 cm³/mol. The summed E-state index contributed by atoms with van der Waals surface area (Å²) in [6, 6.07) is 5.49. The van der Waals surface area contributed by atoms with E-state index in [-0.39, 0.29) is 11.9 Å². The molecule has 0 spiro atoms. The molecule has 6 nitrogen and oxygen atoms in total. The maximum Gasteiger partial charge on any atom is 0.315 e. The van der Waals surface area contributed by atoms with Gasteiger partial charge in [-0.1, -0.05) is 30.0 Å². The zero-order valence-corrected chi connectivity index (χ0v) is 18.5. The molecule has 0 N–H and O–H groups in total. The lowest BCUT2D eigenvalue weighted by atomic mass is 10.2. The number of carbonyl (C=O) groups excluding carboxylic acids is 2. The zero-order valence-electron chi connectivity index (χ0n) is 16.1. The minimum Gasteiger partial charge on any atom is -0.493 e. The van der Waals surface area contributed by atoms with Crippen molar-refractivity contribution in [1.29, 1.82) is 0 Å². The van der Waals surface area contributed by atoms with E-state index in [9.17, 15) is 9.59 Å². The molecule has 1 aliphatic heterocycles. The van der Waals surface area contributed by atoms with E-state index in [1.807, 2.05) is 19.1 Å². The van der Waals surface area contributed by atoms with Gasteiger partial charge in [-0.25, -0.2) is 0 Å². The van der Waals surface area contributed by atoms with Gasteiger partial charge in [0, 0.05) is 12.3 Å². The summed E-state index contributed by atoms with van der Waals surface area (Å²) in [5.41, 5.74) is 0.831. The monoisotopic (exact) mass is 441 g/mol. The number of carbonyl (C=O) groups is 2. The third-order valence-corrected chi connectivity index (χ3v) is 5.96. The molecule has 152 valence electrons. The second kappa shape index (κ2) is 11.3. The number of likely N-dealkylation sites (N-methyl/N-ethyl adjacent to an activating group) is 1. The molecule has 9 heteroatoms. The van der Waals surface area contributed by atoms with Crippen LogP contribution in [-0.2, 0) is 14.3 Å². The highest BCUT2D eigenvalue weighted by molar-refractivity contribution is 8.26. The number of nitrogens with zero attached hydrogens (tertiary/aromatic N) is 1. The van der Waals surface area contributed by atoms with Crippen LogP contribution in [0, 0.1) is 0 Å². The third kappa shape index (κ3) is 6.15. The van der Waals surface area contributed by atoms with Crippen molar-refractivity contribution in [2.24, 2.45) is 0 Å². The first kappa shape index (κ1) is 22.6. The van der Waals surface area contributed by atoms with E-state index in [0.29, 0.717) is 52.0 Å². The van der Waals surface area contributed by atoms with Gasteiger partial charge in [0.2, 0.25) is 0 Å². The van der Waals surface area contributed by atoms with Gasteiger partial charge in [0.05, 0.1) is 31.0 Å². The molecule has 0 aliphatic carbocycles. The molecule has 28 heavy (non-hydrogen) atoms. The number of benzene rings is 1. The summed E-state index contributed by atoms with van der Waals surface area (Å²) in [6.07, 6.45) is 1.80. The highest BCUT2D eigenvalue weighted by Crippen LogP contribution is 2.34. The van der Waals surface area contributed by atoms with Crippen LogP contribution in [-0.4, -0.2) is 59.5 Å². The first-order chi connectivity index (χ1) is 13.5. The molecule has 1 fully saturated rings. The Morgan fingerprint density at radius 1 is 1.32 bits per heavy atom. The highest BCUT2D eigenvalue weighted by atomic mass is 32.2. The first-order valence-electron chi connectivity index (χ1n) is 8.79. The van der Waals surface area contributed by atoms with Gasteiger partial charge in [-0.05, 0) is 37.6 Å². The standard InChI is InChI=1S/C19H23NO5S3/c1-4-20-18(22)16(28-19(20)26)11-13-6-7-14(15(10-13)23-3)25-8-9-27-12-17(21)24-5-2/h6-7,10-11H,4-5,8-9,12H2,1-3H3. The van der Waals surface area contributed by atoms with E-state index in [1.54, 1.807) is 31.1 Å². The normalized spacial score (nSPS) is 15.2. The van der Waals surface area contributed by atoms with Crippen molar-refractivity contribution in [3.63, 3.8) is 0 Å². The molecule has 1 saturated heterocycles. The topological polar surface area (TPSA) is 65.1 Å². The minimum atomic E-state index is -0.220. The molecule has 0 saturated carbocycles. The van der Waals surface area contributed by atoms with Gasteiger partial charge < -0.3 is 14.2 Å². The molecule has 0 radical (unpaired) electrons. The van der Waals surface area contributed by atoms with Crippen LogP contribution in [0.1, 0.15) is 19.4 Å². The van der Waals surface area contributed by atoms with Gasteiger partial charge in [0.25, 0.3) is 5.91 Å². The van der Waals surface area contributed by atoms with Gasteiger partial charge in [0.15, 0.2) is 11.5 Å². The zero-order chi connectivity index (χ0) is 20.5. The lowest BCUT2D eigenvalue weighted by Crippen LogP contribution is -2.27. The molecule has 0 bridgehead atoms. The maximum atomic E-state index is 12.3. The molecule has 1 aliphatic rings. The molecule has 0 atom stereocenters. The van der Waals surface area contributed by atoms with E-state index < -0.39 is 0 Å². The Kier molecular flexibility index (Phi) is 9.14. The predicted octanol–water partition coefficient (Wildman–Crippen LogP) is 3.59. The van der Waals surface area contributed by atoms with Crippen LogP contribution in [0.2, 0.25) is 0 Å². The lowest BCUT2D eigenvalue weighted by Gasteiger charge is -2.11. The molecule has 0 aromatic heterocycles. The Morgan fingerprint density at radius 3 is 2.75 bits per heavy atom. The number of hydrogen-bond acceptors (Lipinski definition) is 8. The van der Waals surface area contributed by atoms with E-state index in [4.69, 9.17) is 26.4 Å². The smallest absolute Gasteiger partial charge is 0.315 e. The average molecular weight is 442 g/mol. The molecule has 1 aromatic carbocycles. The number of methoxy groups -OCH3 is 1. The number of rotatable bonds is 10. The molecule has 1 amide bonds. The summed E-state index contributed by atoms with van der Waals surface area (Å²) in [5, 5.41) is 0. The average Bonchev–Trinajstić information content (AvgIpc) is 2.95. The second-order valence-corrected chi connectivity index (χ2v) is 8.32. The van der Waals surface area contributed by atoms with Crippen LogP contribution < -0.4 is 9.47 Å². The SMILES string of the molecule is CCOC(=O)CSCCOc1ccc(C=C2SC(=S)N(CC)C2=O)cc1OC. The van der Waals surface area contributed by atoms with Crippen molar-refractivity contribution in [3.8, 4) is 11.5 Å². The number of ether oxygens (including phenoxy) is 3. The van der Waals surface area contributed by atoms with Crippen molar-refractivity contribution in [1.82, 2.24) is 4.90 Å². The van der Waals surface area contributed by atoms with E-state index in [1.165, 1.54) is 23.5 Å². The molecule has 2 rings (SSSR count). The lowest BCUT2D eigenvalue weighted by molar-refractivity contribution is -0.139. The fraction of sp³-hybridized carbons (Fsp3) is 0.421. The first-order valence-corrected chi connectivity index (χ1v) is 11.2. The number of hydrogen-bond donors (Lipinski definition) is 0. The Balaban J connectivity index is 1.95. The quantitative estimate of drug-likeness (QED) is 0.236. The van der Waals surface area contributed by atoms with E-state index in [2.05, 4.69) is 0 Å². The van der Waals surface area contributed by atoms with Crippen LogP contribution >= 0.6 is 35.7 Å². The van der Waals surface area contributed by atoms with Gasteiger partial charge in [-0.2, -0.15) is 0 Å². The molecule has 1 aromatic rings. The second-order valence-electron chi connectivity index (χ2n) is 5.54. The highest BCUT2D eigenvalue weighted by Gasteiger charge is 2.30. The van der Waals surface area contributed by atoms with E-state index >= 15 is 0 Å². The summed E-state index contributed by atoms with van der Waals surface area (Å²) in [6.45, 7) is 5.07. The maximum absolute atomic E-state index is 12.3. The van der Waals surface area contributed by atoms with Gasteiger partial charge >= 0.3 is 5.97 Å². The van der Waals surface area contributed by atoms with Crippen molar-refractivity contribution in [3.05, 3.63) is 28.7 Å². The largest absolute Gasteiger partial charge is 0.493 e. The summed E-state index contributed by atoms with van der Waals surface area (Å²) in [4.78, 5) is 25.8. The minimum absolute atomic E-state index is 0.0737. The van der Waals surface area contributed by atoms with Crippen LogP contribution in [0.25, 0.3) is 6.08 Å². The number of esters is 1. The number of thiocarbonyl (C=S) groups is 1. The van der Waals surface area contributed by atoms with Gasteiger partial charge in [0.1, 0.15) is 4.32 Å². The third-order valence-electron chi connectivity index (χ3n) is 3.69. The van der Waals surface area contributed by atoms with Crippen molar-refractivity contribution >= 4 is 58.0 Å². The summed E-state index contributed by atoms with van der Waals surface area (Å²) in [7, 11) is 1.57. The molecule has 1 heterocycles. The molecular weight excluding hydrogens is 418 g/mol. The summed E-state index contributed by atoms with van der Waals surface area (Å²) < 4.78 is 16.6. The van der Waals surface area contributed by atoms with Crippen molar-refractivity contribution < 1.29 is 23.8 Å². The van der Waals surface area contributed by atoms with Gasteiger partial charge in [-0.3, -0.25) is 14.5 Å². The number of amides is 1. The van der Waals surface area contributed by atoms with Crippen molar-refractivity contribution in [2.45, 2.75) is 13.8 Å². The van der Waals surface area contributed by atoms with Crippen molar-refractivity contribution in [2.75, 3.05) is 38.4 Å². The van der Waals surface area contributed by atoms with Crippen LogP contribution in [0.4, 0.5) is 0 Å². The Bertz CT molecular complexity index is 766. The number of thioether (sulfide) groups is 2. The van der Waals surface area contributed by atoms with E-state index in [0.717, 1.165) is 5.56 Å². The molecular formula is C19H23NO5S3. The summed E-state index contributed by atoms with van der Waals surface area (Å²) >= 11 is 7.99. The van der Waals surface area contributed by atoms with Gasteiger partial charge in [-0.15, -0.1) is 11.8 Å². The Hall–Kier alpha value is -1.71. The Labute approximate surface area is 179 Å². The Morgan fingerprint density at radius 2 is 2.11 bits per heavy atom. The van der Waals surface area contributed by atoms with Crippen LogP contribution in [0.5, 0.6) is 11.5 Å². The van der Waals surface area contributed by atoms with Crippen LogP contribution in [0.15, 0.2) is 23.1 Å². The summed E-state index contributed by atoms with van der Waals surface area (Å²) in [5.74, 6) is 1.86. The fourth-order valence-corrected chi connectivity index (χ4v) is 4.37.